The number of ether oxygens (including phenoxy) is 1. The number of rotatable bonds is 4. The number of hydrogen-bond acceptors (Lipinski definition) is 4. The summed E-state index contributed by atoms with van der Waals surface area (Å²) in [4.78, 5) is 11.6. The molecule has 0 saturated carbocycles. The molecule has 1 aliphatic rings. The normalized spacial score (nSPS) is 12.4. The van der Waals surface area contributed by atoms with Crippen LogP contribution in [0.15, 0.2) is 42.5 Å². The first-order valence-corrected chi connectivity index (χ1v) is 8.24. The molecule has 1 aliphatic heterocycles. The fourth-order valence-electron chi connectivity index (χ4n) is 3.00. The molecule has 0 radical (unpaired) electrons. The summed E-state index contributed by atoms with van der Waals surface area (Å²) in [7, 11) is 0. The van der Waals surface area contributed by atoms with Crippen LogP contribution in [-0.4, -0.2) is 20.7 Å². The van der Waals surface area contributed by atoms with Crippen molar-refractivity contribution in [1.29, 1.82) is 0 Å². The van der Waals surface area contributed by atoms with Crippen molar-refractivity contribution < 1.29 is 9.53 Å². The fraction of sp³-hybridized carbons (Fsp3) is 0.167. The predicted octanol–water partition coefficient (Wildman–Crippen LogP) is 2.70. The van der Waals surface area contributed by atoms with Crippen molar-refractivity contribution in [2.45, 2.75) is 19.4 Å². The lowest BCUT2D eigenvalue weighted by Gasteiger charge is -2.19. The Kier molecular flexibility index (Phi) is 3.89. The number of primary amides is 1. The topological polar surface area (TPSA) is 83.0 Å². The van der Waals surface area contributed by atoms with Crippen molar-refractivity contribution in [3.8, 4) is 11.4 Å². The van der Waals surface area contributed by atoms with Gasteiger partial charge in [0.1, 0.15) is 18.2 Å². The highest BCUT2D eigenvalue weighted by Crippen LogP contribution is 2.29. The maximum Gasteiger partial charge on any atom is 0.287 e. The minimum atomic E-state index is -0.590. The van der Waals surface area contributed by atoms with Gasteiger partial charge < -0.3 is 10.5 Å². The molecule has 2 heterocycles. The van der Waals surface area contributed by atoms with Crippen LogP contribution in [0.5, 0.6) is 5.75 Å². The molecule has 6 nitrogen and oxygen atoms in total. The van der Waals surface area contributed by atoms with Crippen molar-refractivity contribution in [1.82, 2.24) is 14.8 Å². The number of nitrogens with zero attached hydrogens (tertiary/aromatic N) is 3. The first kappa shape index (κ1) is 15.7. The minimum absolute atomic E-state index is 0.156. The summed E-state index contributed by atoms with van der Waals surface area (Å²) in [5.74, 6) is 1.07. The molecule has 4 rings (SSSR count). The van der Waals surface area contributed by atoms with Crippen molar-refractivity contribution >= 4 is 17.5 Å². The monoisotopic (exact) mass is 354 g/mol. The van der Waals surface area contributed by atoms with E-state index in [0.717, 1.165) is 34.8 Å². The number of benzene rings is 2. The van der Waals surface area contributed by atoms with Gasteiger partial charge in [-0.15, -0.1) is 10.2 Å². The van der Waals surface area contributed by atoms with Crippen LogP contribution < -0.4 is 10.5 Å². The van der Waals surface area contributed by atoms with Crippen LogP contribution in [0.3, 0.4) is 0 Å². The molecular weight excluding hydrogens is 340 g/mol. The van der Waals surface area contributed by atoms with Crippen LogP contribution in [0.4, 0.5) is 0 Å². The number of amides is 1. The van der Waals surface area contributed by atoms with Gasteiger partial charge in [0, 0.05) is 11.4 Å². The molecule has 0 aliphatic carbocycles. The molecule has 0 fully saturated rings. The average molecular weight is 355 g/mol. The third-order valence-electron chi connectivity index (χ3n) is 4.15. The van der Waals surface area contributed by atoms with E-state index < -0.39 is 5.91 Å². The second-order valence-electron chi connectivity index (χ2n) is 5.85. The number of nitrogens with two attached hydrogens (primary N) is 1. The van der Waals surface area contributed by atoms with E-state index in [-0.39, 0.29) is 5.82 Å². The van der Waals surface area contributed by atoms with Crippen LogP contribution in [0, 0.1) is 0 Å². The third-order valence-corrected chi connectivity index (χ3v) is 4.39. The molecule has 3 aromatic rings. The quantitative estimate of drug-likeness (QED) is 0.780. The van der Waals surface area contributed by atoms with Crippen molar-refractivity contribution in [2.24, 2.45) is 5.73 Å². The van der Waals surface area contributed by atoms with Gasteiger partial charge in [-0.1, -0.05) is 23.7 Å². The van der Waals surface area contributed by atoms with E-state index in [4.69, 9.17) is 22.1 Å². The third kappa shape index (κ3) is 2.96. The highest BCUT2D eigenvalue weighted by atomic mass is 35.5. The first-order valence-electron chi connectivity index (χ1n) is 7.86. The smallest absolute Gasteiger partial charge is 0.287 e. The van der Waals surface area contributed by atoms with Crippen molar-refractivity contribution in [3.63, 3.8) is 0 Å². The lowest BCUT2D eigenvalue weighted by Crippen LogP contribution is -2.21. The van der Waals surface area contributed by atoms with Gasteiger partial charge in [0.15, 0.2) is 0 Å². The predicted molar refractivity (Wildman–Crippen MR) is 93.1 cm³/mol. The molecular formula is C18H15ClN4O2. The Labute approximate surface area is 149 Å². The van der Waals surface area contributed by atoms with Gasteiger partial charge in [-0.05, 0) is 47.9 Å². The molecule has 1 amide bonds. The molecule has 0 spiro atoms. The summed E-state index contributed by atoms with van der Waals surface area (Å²) < 4.78 is 7.59. The SMILES string of the molecule is NC(=O)c1nnc2n1-c1ccc(OCc3cccc(Cl)c3)cc1CC2. The van der Waals surface area contributed by atoms with Gasteiger partial charge in [0.2, 0.25) is 5.82 Å². The number of fused-ring (bicyclic) bond motifs is 3. The van der Waals surface area contributed by atoms with Crippen LogP contribution >= 0.6 is 11.6 Å². The second-order valence-corrected chi connectivity index (χ2v) is 6.29. The number of aromatic nitrogens is 3. The number of aryl methyl sites for hydroxylation is 2. The van der Waals surface area contributed by atoms with E-state index >= 15 is 0 Å². The van der Waals surface area contributed by atoms with E-state index in [1.807, 2.05) is 42.5 Å². The zero-order valence-corrected chi connectivity index (χ0v) is 14.0. The van der Waals surface area contributed by atoms with Gasteiger partial charge in [-0.2, -0.15) is 0 Å². The summed E-state index contributed by atoms with van der Waals surface area (Å²) in [5, 5.41) is 8.64. The number of hydrogen-bond donors (Lipinski definition) is 1. The van der Waals surface area contributed by atoms with Crippen LogP contribution in [-0.2, 0) is 19.4 Å². The standard InChI is InChI=1S/C18H15ClN4O2/c19-13-3-1-2-11(8-13)10-25-14-5-6-15-12(9-14)4-7-16-21-22-18(17(20)24)23(15)16/h1-3,5-6,8-9H,4,7,10H2,(H2,20,24). The molecule has 2 aromatic carbocycles. The molecule has 2 N–H and O–H groups in total. The van der Waals surface area contributed by atoms with E-state index in [0.29, 0.717) is 18.1 Å². The van der Waals surface area contributed by atoms with E-state index in [9.17, 15) is 4.79 Å². The maximum atomic E-state index is 11.6. The molecule has 0 atom stereocenters. The zero-order valence-electron chi connectivity index (χ0n) is 13.3. The molecule has 0 bridgehead atoms. The second kappa shape index (κ2) is 6.22. The van der Waals surface area contributed by atoms with Gasteiger partial charge in [0.25, 0.3) is 5.91 Å². The summed E-state index contributed by atoms with van der Waals surface area (Å²) >= 11 is 5.99. The van der Waals surface area contributed by atoms with Crippen LogP contribution in [0.25, 0.3) is 5.69 Å². The van der Waals surface area contributed by atoms with E-state index in [1.165, 1.54) is 0 Å². The Morgan fingerprint density at radius 2 is 2.08 bits per heavy atom. The maximum absolute atomic E-state index is 11.6. The van der Waals surface area contributed by atoms with Gasteiger partial charge in [0.05, 0.1) is 5.69 Å². The van der Waals surface area contributed by atoms with Gasteiger partial charge in [-0.25, -0.2) is 0 Å². The lowest BCUT2D eigenvalue weighted by atomic mass is 10.0. The van der Waals surface area contributed by atoms with E-state index in [2.05, 4.69) is 10.2 Å². The minimum Gasteiger partial charge on any atom is -0.489 e. The molecule has 0 unspecified atom stereocenters. The Bertz CT molecular complexity index is 967. The molecule has 25 heavy (non-hydrogen) atoms. The first-order chi connectivity index (χ1) is 12.1. The largest absolute Gasteiger partial charge is 0.489 e. The van der Waals surface area contributed by atoms with Crippen molar-refractivity contribution in [3.05, 3.63) is 70.3 Å². The molecule has 0 saturated heterocycles. The summed E-state index contributed by atoms with van der Waals surface area (Å²) in [6, 6.07) is 13.3. The molecule has 126 valence electrons. The van der Waals surface area contributed by atoms with Crippen LogP contribution in [0.2, 0.25) is 5.02 Å². The van der Waals surface area contributed by atoms with Gasteiger partial charge in [-0.3, -0.25) is 9.36 Å². The Balaban J connectivity index is 1.60. The fourth-order valence-corrected chi connectivity index (χ4v) is 3.21. The Morgan fingerprint density at radius 3 is 2.88 bits per heavy atom. The highest BCUT2D eigenvalue weighted by Gasteiger charge is 2.24. The number of carbonyl (C=O) groups excluding carboxylic acids is 1. The lowest BCUT2D eigenvalue weighted by molar-refractivity contribution is 0.0988. The summed E-state index contributed by atoms with van der Waals surface area (Å²) in [6.45, 7) is 0.434. The van der Waals surface area contributed by atoms with Crippen molar-refractivity contribution in [2.75, 3.05) is 0 Å². The zero-order chi connectivity index (χ0) is 17.4. The number of halogens is 1. The van der Waals surface area contributed by atoms with Gasteiger partial charge >= 0.3 is 0 Å². The summed E-state index contributed by atoms with van der Waals surface area (Å²) in [5.41, 5.74) is 8.34. The van der Waals surface area contributed by atoms with Crippen LogP contribution in [0.1, 0.15) is 27.6 Å². The Morgan fingerprint density at radius 1 is 1.20 bits per heavy atom. The molecule has 1 aromatic heterocycles. The Hall–Kier alpha value is -2.86. The molecule has 7 heteroatoms. The number of carbonyl (C=O) groups is 1. The highest BCUT2D eigenvalue weighted by molar-refractivity contribution is 6.30. The van der Waals surface area contributed by atoms with E-state index in [1.54, 1.807) is 4.57 Å². The average Bonchev–Trinajstić information content (AvgIpc) is 3.04. The summed E-state index contributed by atoms with van der Waals surface area (Å²) in [6.07, 6.45) is 1.51.